The second kappa shape index (κ2) is 6.80. The Balaban J connectivity index is 2.18. The van der Waals surface area contributed by atoms with Crippen LogP contribution in [-0.4, -0.2) is 35.1 Å². The van der Waals surface area contributed by atoms with E-state index >= 15 is 0 Å². The van der Waals surface area contributed by atoms with Crippen molar-refractivity contribution in [3.8, 4) is 0 Å². The SMILES string of the molecule is CC1CCCN(C(=O)Nc2cc(Br)ccc2/C(N)=N/O)C1. The van der Waals surface area contributed by atoms with Crippen LogP contribution in [0.15, 0.2) is 27.8 Å². The molecule has 4 N–H and O–H groups in total. The average molecular weight is 355 g/mol. The summed E-state index contributed by atoms with van der Waals surface area (Å²) in [5, 5.41) is 14.7. The molecule has 2 amide bonds. The van der Waals surface area contributed by atoms with Crippen LogP contribution in [0.5, 0.6) is 0 Å². The third-order valence-electron chi connectivity index (χ3n) is 3.55. The molecule has 2 rings (SSSR count). The smallest absolute Gasteiger partial charge is 0.321 e. The normalized spacial score (nSPS) is 19.4. The number of oxime groups is 1. The number of anilines is 1. The number of hydrogen-bond acceptors (Lipinski definition) is 3. The highest BCUT2D eigenvalue weighted by Gasteiger charge is 2.22. The van der Waals surface area contributed by atoms with Crippen LogP contribution < -0.4 is 11.1 Å². The van der Waals surface area contributed by atoms with E-state index in [-0.39, 0.29) is 11.9 Å². The van der Waals surface area contributed by atoms with E-state index in [0.717, 1.165) is 30.4 Å². The number of nitrogens with two attached hydrogens (primary N) is 1. The molecule has 1 aromatic carbocycles. The Labute approximate surface area is 132 Å². The fourth-order valence-electron chi connectivity index (χ4n) is 2.47. The second-order valence-electron chi connectivity index (χ2n) is 5.30. The quantitative estimate of drug-likeness (QED) is 0.330. The highest BCUT2D eigenvalue weighted by molar-refractivity contribution is 9.10. The molecule has 6 nitrogen and oxygen atoms in total. The Kier molecular flexibility index (Phi) is 5.06. The number of rotatable bonds is 2. The predicted molar refractivity (Wildman–Crippen MR) is 85.6 cm³/mol. The van der Waals surface area contributed by atoms with E-state index in [1.54, 1.807) is 23.1 Å². The van der Waals surface area contributed by atoms with Crippen molar-refractivity contribution in [2.45, 2.75) is 19.8 Å². The molecule has 1 aromatic rings. The van der Waals surface area contributed by atoms with Crippen LogP contribution >= 0.6 is 15.9 Å². The van der Waals surface area contributed by atoms with Gasteiger partial charge < -0.3 is 21.2 Å². The van der Waals surface area contributed by atoms with Crippen LogP contribution in [0.3, 0.4) is 0 Å². The first-order valence-electron chi connectivity index (χ1n) is 6.84. The maximum absolute atomic E-state index is 12.3. The first-order valence-corrected chi connectivity index (χ1v) is 7.64. The number of carbonyl (C=O) groups excluding carboxylic acids is 1. The lowest BCUT2D eigenvalue weighted by Crippen LogP contribution is -2.41. The van der Waals surface area contributed by atoms with E-state index in [1.807, 2.05) is 0 Å². The van der Waals surface area contributed by atoms with Gasteiger partial charge in [-0.3, -0.25) is 0 Å². The fourth-order valence-corrected chi connectivity index (χ4v) is 2.83. The largest absolute Gasteiger partial charge is 0.409 e. The van der Waals surface area contributed by atoms with Crippen LogP contribution in [0.25, 0.3) is 0 Å². The molecule has 1 aliphatic rings. The summed E-state index contributed by atoms with van der Waals surface area (Å²) >= 11 is 3.35. The van der Waals surface area contributed by atoms with Crippen LogP contribution in [-0.2, 0) is 0 Å². The van der Waals surface area contributed by atoms with Gasteiger partial charge in [-0.2, -0.15) is 0 Å². The average Bonchev–Trinajstić information content (AvgIpc) is 2.46. The topological polar surface area (TPSA) is 91.0 Å². The number of nitrogens with zero attached hydrogens (tertiary/aromatic N) is 2. The molecule has 7 heteroatoms. The summed E-state index contributed by atoms with van der Waals surface area (Å²) in [5.41, 5.74) is 6.64. The number of benzene rings is 1. The lowest BCUT2D eigenvalue weighted by molar-refractivity contribution is 0.182. The Bertz CT molecular complexity index is 562. The summed E-state index contributed by atoms with van der Waals surface area (Å²) < 4.78 is 0.805. The van der Waals surface area contributed by atoms with Crippen molar-refractivity contribution < 1.29 is 10.0 Å². The molecular weight excluding hydrogens is 336 g/mol. The Morgan fingerprint density at radius 2 is 2.33 bits per heavy atom. The summed E-state index contributed by atoms with van der Waals surface area (Å²) in [4.78, 5) is 14.1. The molecule has 21 heavy (non-hydrogen) atoms. The number of carbonyl (C=O) groups is 1. The number of piperidine rings is 1. The van der Waals surface area contributed by atoms with E-state index in [0.29, 0.717) is 17.2 Å². The zero-order valence-electron chi connectivity index (χ0n) is 11.8. The predicted octanol–water partition coefficient (Wildman–Crippen LogP) is 2.81. The van der Waals surface area contributed by atoms with Crippen molar-refractivity contribution in [3.05, 3.63) is 28.2 Å². The first kappa shape index (κ1) is 15.6. The van der Waals surface area contributed by atoms with Crippen molar-refractivity contribution in [1.29, 1.82) is 0 Å². The van der Waals surface area contributed by atoms with Gasteiger partial charge >= 0.3 is 6.03 Å². The zero-order chi connectivity index (χ0) is 15.4. The van der Waals surface area contributed by atoms with Crippen LogP contribution in [0.2, 0.25) is 0 Å². The maximum atomic E-state index is 12.3. The molecule has 0 saturated carbocycles. The van der Waals surface area contributed by atoms with Gasteiger partial charge in [-0.05, 0) is 37.0 Å². The van der Waals surface area contributed by atoms with Crippen molar-refractivity contribution in [2.24, 2.45) is 16.8 Å². The summed E-state index contributed by atoms with van der Waals surface area (Å²) in [5.74, 6) is 0.473. The Morgan fingerprint density at radius 1 is 1.57 bits per heavy atom. The molecule has 0 aromatic heterocycles. The van der Waals surface area contributed by atoms with Gasteiger partial charge in [0.15, 0.2) is 5.84 Å². The molecule has 1 aliphatic heterocycles. The van der Waals surface area contributed by atoms with Gasteiger partial charge in [0.1, 0.15) is 0 Å². The molecule has 1 saturated heterocycles. The molecule has 0 spiro atoms. The molecule has 114 valence electrons. The standard InChI is InChI=1S/C14H19BrN4O2/c1-9-3-2-6-19(8-9)14(20)17-12-7-10(15)4-5-11(12)13(16)18-21/h4-5,7,9,21H,2-3,6,8H2,1H3,(H2,16,18)(H,17,20). The Hall–Kier alpha value is -1.76. The number of urea groups is 1. The van der Waals surface area contributed by atoms with E-state index in [9.17, 15) is 4.79 Å². The van der Waals surface area contributed by atoms with E-state index in [1.165, 1.54) is 0 Å². The first-order chi connectivity index (χ1) is 10.0. The van der Waals surface area contributed by atoms with Crippen molar-refractivity contribution >= 4 is 33.5 Å². The molecule has 0 bridgehead atoms. The third-order valence-corrected chi connectivity index (χ3v) is 4.04. The molecule has 1 atom stereocenters. The van der Waals surface area contributed by atoms with Gasteiger partial charge in [-0.1, -0.05) is 28.0 Å². The number of amides is 2. The van der Waals surface area contributed by atoms with Crippen LogP contribution in [0.1, 0.15) is 25.3 Å². The minimum Gasteiger partial charge on any atom is -0.409 e. The number of nitrogens with one attached hydrogen (secondary N) is 1. The third kappa shape index (κ3) is 3.87. The monoisotopic (exact) mass is 354 g/mol. The lowest BCUT2D eigenvalue weighted by Gasteiger charge is -2.31. The number of hydrogen-bond donors (Lipinski definition) is 3. The van der Waals surface area contributed by atoms with Crippen molar-refractivity contribution in [2.75, 3.05) is 18.4 Å². The summed E-state index contributed by atoms with van der Waals surface area (Å²) in [6.45, 7) is 3.64. The van der Waals surface area contributed by atoms with Crippen molar-refractivity contribution in [1.82, 2.24) is 4.90 Å². The minimum atomic E-state index is -0.161. The van der Waals surface area contributed by atoms with Gasteiger partial charge in [0.25, 0.3) is 0 Å². The number of amidine groups is 1. The summed E-state index contributed by atoms with van der Waals surface area (Å²) in [7, 11) is 0. The highest BCUT2D eigenvalue weighted by Crippen LogP contribution is 2.23. The van der Waals surface area contributed by atoms with Gasteiger partial charge in [-0.25, -0.2) is 4.79 Å². The number of likely N-dealkylation sites (tertiary alicyclic amines) is 1. The summed E-state index contributed by atoms with van der Waals surface area (Å²) in [6, 6.07) is 5.03. The Morgan fingerprint density at radius 3 is 3.00 bits per heavy atom. The molecule has 1 heterocycles. The molecular formula is C14H19BrN4O2. The van der Waals surface area contributed by atoms with Gasteiger partial charge in [0.05, 0.1) is 5.69 Å². The van der Waals surface area contributed by atoms with E-state index < -0.39 is 0 Å². The van der Waals surface area contributed by atoms with Crippen LogP contribution in [0.4, 0.5) is 10.5 Å². The zero-order valence-corrected chi connectivity index (χ0v) is 13.4. The molecule has 1 unspecified atom stereocenters. The van der Waals surface area contributed by atoms with E-state index in [2.05, 4.69) is 33.3 Å². The van der Waals surface area contributed by atoms with Crippen molar-refractivity contribution in [3.63, 3.8) is 0 Å². The fraction of sp³-hybridized carbons (Fsp3) is 0.429. The lowest BCUT2D eigenvalue weighted by atomic mass is 10.0. The van der Waals surface area contributed by atoms with Gasteiger partial charge in [0.2, 0.25) is 0 Å². The molecule has 0 aliphatic carbocycles. The summed E-state index contributed by atoms with van der Waals surface area (Å²) in [6.07, 6.45) is 2.16. The van der Waals surface area contributed by atoms with Gasteiger partial charge in [0, 0.05) is 23.1 Å². The maximum Gasteiger partial charge on any atom is 0.321 e. The molecule has 1 fully saturated rings. The van der Waals surface area contributed by atoms with Gasteiger partial charge in [-0.15, -0.1) is 0 Å². The molecule has 0 radical (unpaired) electrons. The van der Waals surface area contributed by atoms with E-state index in [4.69, 9.17) is 10.9 Å². The minimum absolute atomic E-state index is 0.0372. The number of halogens is 1. The van der Waals surface area contributed by atoms with Crippen LogP contribution in [0, 0.1) is 5.92 Å². The highest BCUT2D eigenvalue weighted by atomic mass is 79.9. The second-order valence-corrected chi connectivity index (χ2v) is 6.21.